The molecule has 0 aromatic heterocycles. The Morgan fingerprint density at radius 3 is 2.15 bits per heavy atom. The van der Waals surface area contributed by atoms with Crippen LogP contribution in [-0.2, 0) is 0 Å². The number of anilines is 1. The fourth-order valence-corrected chi connectivity index (χ4v) is 2.58. The van der Waals surface area contributed by atoms with E-state index < -0.39 is 12.0 Å². The lowest BCUT2D eigenvalue weighted by atomic mass is 10.0. The van der Waals surface area contributed by atoms with Crippen LogP contribution in [0, 0.1) is 0 Å². The van der Waals surface area contributed by atoms with Gasteiger partial charge in [0, 0.05) is 24.3 Å². The van der Waals surface area contributed by atoms with E-state index in [-0.39, 0.29) is 11.1 Å². The third kappa shape index (κ3) is 5.45. The highest BCUT2D eigenvalue weighted by Gasteiger charge is 2.40. The molecule has 2 aromatic carbocycles. The van der Waals surface area contributed by atoms with Crippen LogP contribution in [0.25, 0.3) is 12.2 Å². The van der Waals surface area contributed by atoms with E-state index in [4.69, 9.17) is 0 Å². The van der Waals surface area contributed by atoms with Crippen molar-refractivity contribution in [1.82, 2.24) is 0 Å². The molecule has 2 aromatic rings. The topological polar surface area (TPSA) is 20.3 Å². The molecule has 2 rings (SSSR count). The number of alkyl halides is 3. The Morgan fingerprint density at radius 2 is 1.59 bits per heavy atom. The van der Waals surface area contributed by atoms with E-state index >= 15 is 0 Å². The van der Waals surface area contributed by atoms with Gasteiger partial charge in [0.2, 0.25) is 0 Å². The van der Waals surface area contributed by atoms with Gasteiger partial charge in [0.25, 0.3) is 5.78 Å². The molecular formula is C22H20F3NO. The predicted molar refractivity (Wildman–Crippen MR) is 105 cm³/mol. The number of nitrogens with zero attached hydrogens (tertiary/aromatic N) is 1. The molecule has 2 nitrogen and oxygen atoms in total. The van der Waals surface area contributed by atoms with Crippen molar-refractivity contribution in [1.29, 1.82) is 0 Å². The van der Waals surface area contributed by atoms with Crippen LogP contribution in [0.3, 0.4) is 0 Å². The summed E-state index contributed by atoms with van der Waals surface area (Å²) in [7, 11) is 0. The fourth-order valence-electron chi connectivity index (χ4n) is 2.58. The van der Waals surface area contributed by atoms with Crippen LogP contribution >= 0.6 is 0 Å². The van der Waals surface area contributed by atoms with Crippen molar-refractivity contribution in [3.8, 4) is 0 Å². The summed E-state index contributed by atoms with van der Waals surface area (Å²) < 4.78 is 39.3. The van der Waals surface area contributed by atoms with E-state index in [2.05, 4.69) is 13.2 Å². The molecule has 0 saturated heterocycles. The molecule has 27 heavy (non-hydrogen) atoms. The van der Waals surface area contributed by atoms with E-state index in [9.17, 15) is 18.0 Å². The molecule has 0 heterocycles. The number of carbonyl (C=O) groups is 1. The molecule has 0 radical (unpaired) electrons. The molecule has 0 unspecified atom stereocenters. The lowest BCUT2D eigenvalue weighted by molar-refractivity contribution is -0.0885. The van der Waals surface area contributed by atoms with Gasteiger partial charge < -0.3 is 4.90 Å². The summed E-state index contributed by atoms with van der Waals surface area (Å²) in [5.41, 5.74) is 1.15. The Balaban J connectivity index is 2.49. The standard InChI is InChI=1S/C22H20F3NO/c1-3-14-26(15-4-2)19-13-12-18(11-10-17-8-6-5-7-9-17)20(16-19)21(27)22(23,24)25/h3-13,16H,1-2,14-15H2/b11-10+. The SMILES string of the molecule is C=CCN(CC=C)c1ccc(/C=C/c2ccccc2)c(C(=O)C(F)(F)F)c1. The first-order chi connectivity index (χ1) is 12.9. The Labute approximate surface area is 156 Å². The molecule has 0 aliphatic rings. The van der Waals surface area contributed by atoms with Gasteiger partial charge in [-0.25, -0.2) is 0 Å². The third-order valence-corrected chi connectivity index (χ3v) is 3.86. The normalized spacial score (nSPS) is 11.4. The van der Waals surface area contributed by atoms with Gasteiger partial charge in [0.1, 0.15) is 0 Å². The zero-order chi connectivity index (χ0) is 19.9. The smallest absolute Gasteiger partial charge is 0.364 e. The van der Waals surface area contributed by atoms with Crippen LogP contribution in [-0.4, -0.2) is 25.0 Å². The van der Waals surface area contributed by atoms with E-state index in [0.29, 0.717) is 18.8 Å². The second-order valence-corrected chi connectivity index (χ2v) is 5.82. The summed E-state index contributed by atoms with van der Waals surface area (Å²) in [5, 5.41) is 0. The van der Waals surface area contributed by atoms with Crippen molar-refractivity contribution in [2.75, 3.05) is 18.0 Å². The number of Topliss-reactive ketones (excluding diaryl/α,β-unsaturated/α-hetero) is 1. The van der Waals surface area contributed by atoms with Crippen molar-refractivity contribution in [3.05, 3.63) is 90.5 Å². The second-order valence-electron chi connectivity index (χ2n) is 5.82. The van der Waals surface area contributed by atoms with Crippen LogP contribution in [0.5, 0.6) is 0 Å². The van der Waals surface area contributed by atoms with Crippen LogP contribution in [0.15, 0.2) is 73.8 Å². The van der Waals surface area contributed by atoms with Crippen molar-refractivity contribution in [2.24, 2.45) is 0 Å². The maximum atomic E-state index is 13.1. The van der Waals surface area contributed by atoms with E-state index in [1.807, 2.05) is 30.3 Å². The molecule has 0 bridgehead atoms. The molecule has 0 fully saturated rings. The highest BCUT2D eigenvalue weighted by molar-refractivity contribution is 6.04. The van der Waals surface area contributed by atoms with Gasteiger partial charge in [-0.05, 0) is 23.3 Å². The van der Waals surface area contributed by atoms with E-state index in [1.165, 1.54) is 18.2 Å². The summed E-state index contributed by atoms with van der Waals surface area (Å²) in [4.78, 5) is 13.7. The fraction of sp³-hybridized carbons (Fsp3) is 0.136. The van der Waals surface area contributed by atoms with E-state index in [1.54, 1.807) is 29.2 Å². The Bertz CT molecular complexity index is 828. The van der Waals surface area contributed by atoms with Gasteiger partial charge in [0.15, 0.2) is 0 Å². The lowest BCUT2D eigenvalue weighted by Crippen LogP contribution is -2.26. The molecule has 0 aliphatic heterocycles. The number of carbonyl (C=O) groups excluding carboxylic acids is 1. The first-order valence-corrected chi connectivity index (χ1v) is 8.32. The van der Waals surface area contributed by atoms with Crippen LogP contribution in [0.2, 0.25) is 0 Å². The zero-order valence-corrected chi connectivity index (χ0v) is 14.7. The molecule has 140 valence electrons. The number of hydrogen-bond acceptors (Lipinski definition) is 2. The minimum Gasteiger partial charge on any atom is -0.364 e. The summed E-state index contributed by atoms with van der Waals surface area (Å²) >= 11 is 0. The van der Waals surface area contributed by atoms with Gasteiger partial charge >= 0.3 is 6.18 Å². The average molecular weight is 371 g/mol. The highest BCUT2D eigenvalue weighted by atomic mass is 19.4. The Kier molecular flexibility index (Phi) is 6.77. The number of halogens is 3. The predicted octanol–water partition coefficient (Wildman–Crippen LogP) is 5.78. The van der Waals surface area contributed by atoms with Gasteiger partial charge in [-0.1, -0.05) is 60.7 Å². The summed E-state index contributed by atoms with van der Waals surface area (Å²) in [6.45, 7) is 8.15. The largest absolute Gasteiger partial charge is 0.454 e. The monoisotopic (exact) mass is 371 g/mol. The molecule has 0 aliphatic carbocycles. The van der Waals surface area contributed by atoms with Gasteiger partial charge in [0.05, 0.1) is 0 Å². The Hall–Kier alpha value is -3.08. The van der Waals surface area contributed by atoms with Crippen molar-refractivity contribution >= 4 is 23.6 Å². The molecule has 0 amide bonds. The van der Waals surface area contributed by atoms with Crippen molar-refractivity contribution in [2.45, 2.75) is 6.18 Å². The van der Waals surface area contributed by atoms with Crippen LogP contribution in [0.1, 0.15) is 21.5 Å². The first kappa shape index (κ1) is 20.2. The van der Waals surface area contributed by atoms with E-state index in [0.717, 1.165) is 5.56 Å². The van der Waals surface area contributed by atoms with Crippen molar-refractivity contribution in [3.63, 3.8) is 0 Å². The van der Waals surface area contributed by atoms with Crippen molar-refractivity contribution < 1.29 is 18.0 Å². The number of ketones is 1. The number of benzene rings is 2. The second kappa shape index (κ2) is 9.03. The summed E-state index contributed by atoms with van der Waals surface area (Å²) in [6.07, 6.45) is 1.52. The Morgan fingerprint density at radius 1 is 0.963 bits per heavy atom. The molecule has 0 saturated carbocycles. The first-order valence-electron chi connectivity index (χ1n) is 8.32. The highest BCUT2D eigenvalue weighted by Crippen LogP contribution is 2.28. The summed E-state index contributed by atoms with van der Waals surface area (Å²) in [6, 6.07) is 13.6. The minimum absolute atomic E-state index is 0.210. The van der Waals surface area contributed by atoms with Gasteiger partial charge in [-0.3, -0.25) is 4.79 Å². The summed E-state index contributed by atoms with van der Waals surface area (Å²) in [5.74, 6) is -1.87. The number of hydrogen-bond donors (Lipinski definition) is 0. The third-order valence-electron chi connectivity index (χ3n) is 3.86. The minimum atomic E-state index is -4.95. The quantitative estimate of drug-likeness (QED) is 0.333. The molecule has 5 heteroatoms. The lowest BCUT2D eigenvalue weighted by Gasteiger charge is -2.23. The van der Waals surface area contributed by atoms with Crippen LogP contribution < -0.4 is 4.90 Å². The maximum Gasteiger partial charge on any atom is 0.454 e. The molecule has 0 spiro atoms. The molecular weight excluding hydrogens is 351 g/mol. The maximum absolute atomic E-state index is 13.1. The van der Waals surface area contributed by atoms with Gasteiger partial charge in [-0.15, -0.1) is 13.2 Å². The zero-order valence-electron chi connectivity index (χ0n) is 14.7. The molecule has 0 atom stereocenters. The molecule has 0 N–H and O–H groups in total. The van der Waals surface area contributed by atoms with Gasteiger partial charge in [-0.2, -0.15) is 13.2 Å². The van der Waals surface area contributed by atoms with Crippen LogP contribution in [0.4, 0.5) is 18.9 Å². The number of rotatable bonds is 8. The average Bonchev–Trinajstić information content (AvgIpc) is 2.65.